The van der Waals surface area contributed by atoms with Gasteiger partial charge in [-0.25, -0.2) is 0 Å². The van der Waals surface area contributed by atoms with Gasteiger partial charge < -0.3 is 4.90 Å². The normalized spacial score (nSPS) is 19.4. The minimum absolute atomic E-state index is 0.0685. The third-order valence-electron chi connectivity index (χ3n) is 4.09. The molecule has 0 aliphatic carbocycles. The summed E-state index contributed by atoms with van der Waals surface area (Å²) in [5.74, 6) is 0.951. The number of likely N-dealkylation sites (N-methyl/N-ethyl adjacent to an activating group) is 1. The highest BCUT2D eigenvalue weighted by molar-refractivity contribution is 5.99. The molecular formula is C17H26N2O. The van der Waals surface area contributed by atoms with E-state index in [1.807, 2.05) is 35.2 Å². The van der Waals surface area contributed by atoms with Gasteiger partial charge in [-0.1, -0.05) is 39.0 Å². The largest absolute Gasteiger partial charge is 0.311 e. The molecule has 1 fully saturated rings. The minimum atomic E-state index is 0.0685. The van der Waals surface area contributed by atoms with Crippen LogP contribution in [0.25, 0.3) is 0 Å². The van der Waals surface area contributed by atoms with Crippen molar-refractivity contribution in [2.45, 2.75) is 39.7 Å². The molecule has 1 amide bonds. The maximum absolute atomic E-state index is 12.6. The van der Waals surface area contributed by atoms with E-state index in [4.69, 9.17) is 0 Å². The van der Waals surface area contributed by atoms with Crippen LogP contribution in [-0.2, 0) is 4.79 Å². The van der Waals surface area contributed by atoms with E-state index in [2.05, 4.69) is 25.7 Å². The molecule has 3 heteroatoms. The van der Waals surface area contributed by atoms with Crippen molar-refractivity contribution >= 4 is 11.6 Å². The Bertz CT molecular complexity index is 430. The van der Waals surface area contributed by atoms with Crippen LogP contribution in [-0.4, -0.2) is 36.5 Å². The van der Waals surface area contributed by atoms with E-state index in [1.54, 1.807) is 0 Å². The van der Waals surface area contributed by atoms with Gasteiger partial charge in [0.2, 0.25) is 5.91 Å². The Labute approximate surface area is 122 Å². The van der Waals surface area contributed by atoms with Crippen LogP contribution in [0, 0.1) is 5.92 Å². The van der Waals surface area contributed by atoms with E-state index in [-0.39, 0.29) is 11.9 Å². The summed E-state index contributed by atoms with van der Waals surface area (Å²) in [4.78, 5) is 16.9. The number of benzene rings is 1. The van der Waals surface area contributed by atoms with Crippen molar-refractivity contribution in [3.05, 3.63) is 30.3 Å². The van der Waals surface area contributed by atoms with Crippen molar-refractivity contribution in [3.63, 3.8) is 0 Å². The van der Waals surface area contributed by atoms with Gasteiger partial charge >= 0.3 is 0 Å². The average molecular weight is 274 g/mol. The highest BCUT2D eigenvalue weighted by atomic mass is 16.2. The summed E-state index contributed by atoms with van der Waals surface area (Å²) in [6.45, 7) is 9.44. The SMILES string of the molecule is CCN(CCC(C)C)C1CCN(c2ccccc2)C1=O. The fraction of sp³-hybridized carbons (Fsp3) is 0.588. The number of anilines is 1. The van der Waals surface area contributed by atoms with Crippen LogP contribution < -0.4 is 4.90 Å². The maximum atomic E-state index is 12.6. The first-order chi connectivity index (χ1) is 9.63. The van der Waals surface area contributed by atoms with Crippen LogP contribution in [0.4, 0.5) is 5.69 Å². The van der Waals surface area contributed by atoms with Crippen LogP contribution in [0.1, 0.15) is 33.6 Å². The first kappa shape index (κ1) is 15.0. The highest BCUT2D eigenvalue weighted by Gasteiger charge is 2.35. The van der Waals surface area contributed by atoms with Gasteiger partial charge in [-0.05, 0) is 44.0 Å². The van der Waals surface area contributed by atoms with E-state index in [0.717, 1.165) is 38.2 Å². The zero-order valence-electron chi connectivity index (χ0n) is 12.9. The van der Waals surface area contributed by atoms with Crippen LogP contribution in [0.2, 0.25) is 0 Å². The third kappa shape index (κ3) is 3.40. The second kappa shape index (κ2) is 6.89. The van der Waals surface area contributed by atoms with Crippen molar-refractivity contribution in [3.8, 4) is 0 Å². The fourth-order valence-corrected chi connectivity index (χ4v) is 2.83. The van der Waals surface area contributed by atoms with Gasteiger partial charge in [0.15, 0.2) is 0 Å². The average Bonchev–Trinajstić information content (AvgIpc) is 2.82. The van der Waals surface area contributed by atoms with Crippen molar-refractivity contribution in [1.82, 2.24) is 4.90 Å². The summed E-state index contributed by atoms with van der Waals surface area (Å²) in [7, 11) is 0. The zero-order valence-corrected chi connectivity index (χ0v) is 12.9. The first-order valence-electron chi connectivity index (χ1n) is 7.74. The molecule has 110 valence electrons. The molecule has 1 aliphatic rings. The van der Waals surface area contributed by atoms with Crippen molar-refractivity contribution in [2.24, 2.45) is 5.92 Å². The predicted molar refractivity (Wildman–Crippen MR) is 83.9 cm³/mol. The summed E-state index contributed by atoms with van der Waals surface area (Å²) < 4.78 is 0. The van der Waals surface area contributed by atoms with E-state index in [0.29, 0.717) is 5.92 Å². The Morgan fingerprint density at radius 3 is 2.60 bits per heavy atom. The molecule has 1 saturated heterocycles. The number of carbonyl (C=O) groups excluding carboxylic acids is 1. The Kier molecular flexibility index (Phi) is 5.18. The molecule has 2 rings (SSSR count). The zero-order chi connectivity index (χ0) is 14.5. The topological polar surface area (TPSA) is 23.6 Å². The molecule has 0 saturated carbocycles. The lowest BCUT2D eigenvalue weighted by molar-refractivity contribution is -0.121. The van der Waals surface area contributed by atoms with Crippen LogP contribution in [0.3, 0.4) is 0 Å². The molecule has 1 aromatic rings. The number of carbonyl (C=O) groups is 1. The van der Waals surface area contributed by atoms with Gasteiger partial charge in [0, 0.05) is 12.2 Å². The number of para-hydroxylation sites is 1. The Balaban J connectivity index is 2.02. The summed E-state index contributed by atoms with van der Waals surface area (Å²) >= 11 is 0. The highest BCUT2D eigenvalue weighted by Crippen LogP contribution is 2.24. The fourth-order valence-electron chi connectivity index (χ4n) is 2.83. The molecule has 1 unspecified atom stereocenters. The standard InChI is InChI=1S/C17H26N2O/c1-4-18(12-10-14(2)3)16-11-13-19(17(16)20)15-8-6-5-7-9-15/h5-9,14,16H,4,10-13H2,1-3H3. The molecule has 1 heterocycles. The molecule has 1 aliphatic heterocycles. The van der Waals surface area contributed by atoms with Gasteiger partial charge in [-0.15, -0.1) is 0 Å². The van der Waals surface area contributed by atoms with Crippen molar-refractivity contribution in [2.75, 3.05) is 24.5 Å². The van der Waals surface area contributed by atoms with Crippen molar-refractivity contribution < 1.29 is 4.79 Å². The molecule has 0 N–H and O–H groups in total. The molecule has 1 aromatic carbocycles. The predicted octanol–water partition coefficient (Wildman–Crippen LogP) is 3.16. The molecule has 20 heavy (non-hydrogen) atoms. The van der Waals surface area contributed by atoms with Gasteiger partial charge in [0.1, 0.15) is 0 Å². The van der Waals surface area contributed by atoms with E-state index in [9.17, 15) is 4.79 Å². The summed E-state index contributed by atoms with van der Waals surface area (Å²) in [5.41, 5.74) is 1.03. The molecule has 0 aromatic heterocycles. The smallest absolute Gasteiger partial charge is 0.244 e. The first-order valence-corrected chi connectivity index (χ1v) is 7.74. The Morgan fingerprint density at radius 2 is 2.00 bits per heavy atom. The second-order valence-electron chi connectivity index (χ2n) is 5.94. The van der Waals surface area contributed by atoms with Gasteiger partial charge in [-0.2, -0.15) is 0 Å². The number of hydrogen-bond acceptors (Lipinski definition) is 2. The summed E-state index contributed by atoms with van der Waals surface area (Å²) in [5, 5.41) is 0. The Morgan fingerprint density at radius 1 is 1.30 bits per heavy atom. The summed E-state index contributed by atoms with van der Waals surface area (Å²) in [6.07, 6.45) is 2.10. The molecule has 3 nitrogen and oxygen atoms in total. The monoisotopic (exact) mass is 274 g/mol. The van der Waals surface area contributed by atoms with Crippen LogP contribution in [0.15, 0.2) is 30.3 Å². The quantitative estimate of drug-likeness (QED) is 0.795. The molecular weight excluding hydrogens is 248 g/mol. The Hall–Kier alpha value is -1.35. The number of rotatable bonds is 6. The van der Waals surface area contributed by atoms with E-state index < -0.39 is 0 Å². The molecule has 1 atom stereocenters. The van der Waals surface area contributed by atoms with Crippen molar-refractivity contribution in [1.29, 1.82) is 0 Å². The number of amides is 1. The van der Waals surface area contributed by atoms with Gasteiger partial charge in [0.05, 0.1) is 6.04 Å². The summed E-state index contributed by atoms with van der Waals surface area (Å²) in [6, 6.07) is 10.1. The number of nitrogens with zero attached hydrogens (tertiary/aromatic N) is 2. The second-order valence-corrected chi connectivity index (χ2v) is 5.94. The third-order valence-corrected chi connectivity index (χ3v) is 4.09. The molecule has 0 spiro atoms. The molecule has 0 bridgehead atoms. The van der Waals surface area contributed by atoms with Crippen LogP contribution >= 0.6 is 0 Å². The minimum Gasteiger partial charge on any atom is -0.311 e. The maximum Gasteiger partial charge on any atom is 0.244 e. The van der Waals surface area contributed by atoms with E-state index >= 15 is 0 Å². The van der Waals surface area contributed by atoms with Gasteiger partial charge in [-0.3, -0.25) is 9.69 Å². The number of hydrogen-bond donors (Lipinski definition) is 0. The van der Waals surface area contributed by atoms with Crippen LogP contribution in [0.5, 0.6) is 0 Å². The van der Waals surface area contributed by atoms with Gasteiger partial charge in [0.25, 0.3) is 0 Å². The lowest BCUT2D eigenvalue weighted by atomic mass is 10.1. The lowest BCUT2D eigenvalue weighted by Gasteiger charge is -2.27. The molecule has 0 radical (unpaired) electrons. The van der Waals surface area contributed by atoms with E-state index in [1.165, 1.54) is 0 Å². The lowest BCUT2D eigenvalue weighted by Crippen LogP contribution is -2.42.